The first-order chi connectivity index (χ1) is 12.7. The van der Waals surface area contributed by atoms with Crippen LogP contribution in [0.15, 0.2) is 42.5 Å². The van der Waals surface area contributed by atoms with E-state index in [9.17, 15) is 9.59 Å². The van der Waals surface area contributed by atoms with Crippen molar-refractivity contribution in [3.05, 3.63) is 53.6 Å². The molecule has 26 heavy (non-hydrogen) atoms. The van der Waals surface area contributed by atoms with Crippen LogP contribution in [-0.4, -0.2) is 38.0 Å². The molecule has 1 fully saturated rings. The zero-order chi connectivity index (χ0) is 17.9. The number of amides is 2. The van der Waals surface area contributed by atoms with E-state index in [1.165, 1.54) is 25.9 Å². The van der Waals surface area contributed by atoms with Crippen molar-refractivity contribution in [3.63, 3.8) is 0 Å². The van der Waals surface area contributed by atoms with E-state index in [0.29, 0.717) is 23.4 Å². The van der Waals surface area contributed by atoms with Gasteiger partial charge in [-0.3, -0.25) is 9.59 Å². The molecule has 2 heterocycles. The number of hydrogen-bond donors (Lipinski definition) is 4. The third-order valence-electron chi connectivity index (χ3n) is 5.05. The topological polar surface area (TPSA) is 74.7 Å². The summed E-state index contributed by atoms with van der Waals surface area (Å²) in [7, 11) is 0. The van der Waals surface area contributed by atoms with Gasteiger partial charge in [-0.05, 0) is 30.3 Å². The summed E-state index contributed by atoms with van der Waals surface area (Å²) >= 11 is 0. The summed E-state index contributed by atoms with van der Waals surface area (Å²) in [6.45, 7) is 4.03. The van der Waals surface area contributed by atoms with Gasteiger partial charge < -0.3 is 20.9 Å². The van der Waals surface area contributed by atoms with Crippen molar-refractivity contribution in [1.29, 1.82) is 0 Å². The molecule has 0 aliphatic carbocycles. The summed E-state index contributed by atoms with van der Waals surface area (Å²) in [5, 5.41) is 9.13. The van der Waals surface area contributed by atoms with Crippen molar-refractivity contribution < 1.29 is 14.5 Å². The molecule has 6 heteroatoms. The monoisotopic (exact) mass is 351 g/mol. The third kappa shape index (κ3) is 3.41. The second-order valence-electron chi connectivity index (χ2n) is 6.85. The number of benzene rings is 2. The number of fused-ring (bicyclic) bond motifs is 2. The minimum Gasteiger partial charge on any atom is -0.353 e. The van der Waals surface area contributed by atoms with Crippen LogP contribution in [0.4, 0.5) is 17.1 Å². The standard InChI is InChI=1S/C20H22N4O2/c25-19(21-9-12-24-10-3-4-11-24)14-7-8-17-18(13-14)23-20(26)15-5-1-2-6-16(15)22-17/h1-2,5-8,13,22H,3-4,9-12H2,(H,21,25)(H,23,26)/p+1. The molecule has 2 aliphatic heterocycles. The second kappa shape index (κ2) is 7.17. The highest BCUT2D eigenvalue weighted by atomic mass is 16.2. The molecule has 0 radical (unpaired) electrons. The Bertz CT molecular complexity index is 843. The van der Waals surface area contributed by atoms with E-state index < -0.39 is 0 Å². The Morgan fingerprint density at radius 3 is 2.65 bits per heavy atom. The molecule has 0 atom stereocenters. The van der Waals surface area contributed by atoms with Gasteiger partial charge in [0.05, 0.1) is 48.8 Å². The van der Waals surface area contributed by atoms with E-state index in [-0.39, 0.29) is 11.8 Å². The fraction of sp³-hybridized carbons (Fsp3) is 0.300. The maximum atomic E-state index is 12.4. The van der Waals surface area contributed by atoms with Gasteiger partial charge >= 0.3 is 0 Å². The lowest BCUT2D eigenvalue weighted by Crippen LogP contribution is -3.10. The van der Waals surface area contributed by atoms with Crippen LogP contribution in [0.3, 0.4) is 0 Å². The second-order valence-corrected chi connectivity index (χ2v) is 6.85. The molecule has 2 aliphatic rings. The minimum absolute atomic E-state index is 0.109. The number of quaternary nitrogens is 1. The van der Waals surface area contributed by atoms with Crippen molar-refractivity contribution in [2.75, 3.05) is 36.8 Å². The normalized spacial score (nSPS) is 16.1. The van der Waals surface area contributed by atoms with E-state index in [0.717, 1.165) is 17.9 Å². The van der Waals surface area contributed by atoms with Crippen LogP contribution in [0.25, 0.3) is 0 Å². The molecule has 4 N–H and O–H groups in total. The maximum Gasteiger partial charge on any atom is 0.257 e. The van der Waals surface area contributed by atoms with Crippen LogP contribution in [0.5, 0.6) is 0 Å². The summed E-state index contributed by atoms with van der Waals surface area (Å²) in [4.78, 5) is 26.4. The lowest BCUT2D eigenvalue weighted by atomic mass is 10.1. The first kappa shape index (κ1) is 16.6. The zero-order valence-corrected chi connectivity index (χ0v) is 14.6. The summed E-state index contributed by atoms with van der Waals surface area (Å²) in [5.74, 6) is -0.288. The highest BCUT2D eigenvalue weighted by Gasteiger charge is 2.20. The molecule has 0 spiro atoms. The quantitative estimate of drug-likeness (QED) is 0.673. The van der Waals surface area contributed by atoms with Crippen LogP contribution in [0, 0.1) is 0 Å². The van der Waals surface area contributed by atoms with Crippen LogP contribution in [-0.2, 0) is 0 Å². The zero-order valence-electron chi connectivity index (χ0n) is 14.6. The van der Waals surface area contributed by atoms with Gasteiger partial charge in [0, 0.05) is 18.4 Å². The van der Waals surface area contributed by atoms with Crippen LogP contribution < -0.4 is 20.9 Å². The van der Waals surface area contributed by atoms with Gasteiger partial charge in [0.2, 0.25) is 0 Å². The van der Waals surface area contributed by atoms with Crippen molar-refractivity contribution >= 4 is 28.9 Å². The fourth-order valence-corrected chi connectivity index (χ4v) is 3.60. The summed E-state index contributed by atoms with van der Waals surface area (Å²) in [6, 6.07) is 12.7. The lowest BCUT2D eigenvalue weighted by molar-refractivity contribution is -0.886. The molecule has 2 aromatic carbocycles. The Balaban J connectivity index is 1.46. The van der Waals surface area contributed by atoms with E-state index in [4.69, 9.17) is 0 Å². The molecule has 6 nitrogen and oxygen atoms in total. The van der Waals surface area contributed by atoms with E-state index in [1.807, 2.05) is 24.3 Å². The van der Waals surface area contributed by atoms with Crippen LogP contribution in [0.2, 0.25) is 0 Å². The summed E-state index contributed by atoms with van der Waals surface area (Å²) in [5.41, 5.74) is 3.29. The number of carbonyl (C=O) groups is 2. The molecule has 1 saturated heterocycles. The number of hydrogen-bond acceptors (Lipinski definition) is 3. The molecule has 2 aromatic rings. The first-order valence-electron chi connectivity index (χ1n) is 9.14. The summed E-state index contributed by atoms with van der Waals surface area (Å²) in [6.07, 6.45) is 2.56. The Labute approximate surface area is 152 Å². The number of nitrogens with one attached hydrogen (secondary N) is 4. The minimum atomic E-state index is -0.179. The van der Waals surface area contributed by atoms with E-state index in [2.05, 4.69) is 16.0 Å². The molecule has 0 aromatic heterocycles. The molecular formula is C20H23N4O2+. The number of para-hydroxylation sites is 1. The SMILES string of the molecule is O=C(NCC[NH+]1CCCC1)c1ccc2c(c1)NC(=O)c1ccccc1N2. The van der Waals surface area contributed by atoms with Gasteiger partial charge in [0.15, 0.2) is 0 Å². The third-order valence-corrected chi connectivity index (χ3v) is 5.05. The van der Waals surface area contributed by atoms with Crippen LogP contribution >= 0.6 is 0 Å². The predicted molar refractivity (Wildman–Crippen MR) is 101 cm³/mol. The van der Waals surface area contributed by atoms with E-state index in [1.54, 1.807) is 23.1 Å². The van der Waals surface area contributed by atoms with Gasteiger partial charge in [-0.25, -0.2) is 0 Å². The number of rotatable bonds is 4. The Kier molecular flexibility index (Phi) is 4.58. The lowest BCUT2D eigenvalue weighted by Gasteiger charge is -2.13. The largest absolute Gasteiger partial charge is 0.353 e. The molecule has 4 rings (SSSR count). The van der Waals surface area contributed by atoms with Gasteiger partial charge in [-0.15, -0.1) is 0 Å². The number of anilines is 3. The smallest absolute Gasteiger partial charge is 0.257 e. The molecule has 134 valence electrons. The predicted octanol–water partition coefficient (Wildman–Crippen LogP) is 1.40. The van der Waals surface area contributed by atoms with Crippen molar-refractivity contribution in [3.8, 4) is 0 Å². The van der Waals surface area contributed by atoms with Crippen molar-refractivity contribution in [1.82, 2.24) is 5.32 Å². The number of likely N-dealkylation sites (tertiary alicyclic amines) is 1. The number of carbonyl (C=O) groups excluding carboxylic acids is 2. The highest BCUT2D eigenvalue weighted by molar-refractivity contribution is 6.12. The highest BCUT2D eigenvalue weighted by Crippen LogP contribution is 2.32. The van der Waals surface area contributed by atoms with Gasteiger partial charge in [-0.2, -0.15) is 0 Å². The molecule has 0 saturated carbocycles. The van der Waals surface area contributed by atoms with Gasteiger partial charge in [0.1, 0.15) is 0 Å². The Morgan fingerprint density at radius 1 is 1.00 bits per heavy atom. The molecule has 0 unspecified atom stereocenters. The van der Waals surface area contributed by atoms with Crippen LogP contribution in [0.1, 0.15) is 33.6 Å². The molecular weight excluding hydrogens is 328 g/mol. The molecule has 2 amide bonds. The average molecular weight is 351 g/mol. The molecule has 0 bridgehead atoms. The van der Waals surface area contributed by atoms with Gasteiger partial charge in [-0.1, -0.05) is 12.1 Å². The van der Waals surface area contributed by atoms with Crippen molar-refractivity contribution in [2.45, 2.75) is 12.8 Å². The summed E-state index contributed by atoms with van der Waals surface area (Å²) < 4.78 is 0. The fourth-order valence-electron chi connectivity index (χ4n) is 3.60. The Hall–Kier alpha value is -2.86. The van der Waals surface area contributed by atoms with E-state index >= 15 is 0 Å². The maximum absolute atomic E-state index is 12.4. The Morgan fingerprint density at radius 2 is 1.81 bits per heavy atom. The average Bonchev–Trinajstić information content (AvgIpc) is 3.12. The van der Waals surface area contributed by atoms with Crippen molar-refractivity contribution in [2.24, 2.45) is 0 Å². The first-order valence-corrected chi connectivity index (χ1v) is 9.14. The van der Waals surface area contributed by atoms with Gasteiger partial charge in [0.25, 0.3) is 11.8 Å².